The molecule has 0 fully saturated rings. The number of nitrogens with one attached hydrogen (secondary N) is 2. The van der Waals surface area contributed by atoms with E-state index in [9.17, 15) is 9.59 Å². The van der Waals surface area contributed by atoms with Gasteiger partial charge in [-0.2, -0.15) is 5.10 Å². The molecule has 0 bridgehead atoms. The number of fused-ring (bicyclic) bond motifs is 3. The van der Waals surface area contributed by atoms with Gasteiger partial charge in [-0.15, -0.1) is 0 Å². The zero-order valence-corrected chi connectivity index (χ0v) is 15.8. The van der Waals surface area contributed by atoms with Gasteiger partial charge in [0.15, 0.2) is 0 Å². The Kier molecular flexibility index (Phi) is 4.68. The quantitative estimate of drug-likeness (QED) is 0.536. The smallest absolute Gasteiger partial charge is 0.291 e. The Morgan fingerprint density at radius 3 is 2.82 bits per heavy atom. The third-order valence-corrected chi connectivity index (χ3v) is 5.06. The van der Waals surface area contributed by atoms with Crippen LogP contribution in [0.25, 0.3) is 21.8 Å². The van der Waals surface area contributed by atoms with Crippen LogP contribution in [-0.4, -0.2) is 36.8 Å². The van der Waals surface area contributed by atoms with E-state index in [1.54, 1.807) is 25.8 Å². The maximum atomic E-state index is 13.0. The van der Waals surface area contributed by atoms with Crippen molar-refractivity contribution in [2.24, 2.45) is 7.05 Å². The number of imidazole rings is 1. The van der Waals surface area contributed by atoms with E-state index in [1.807, 2.05) is 35.8 Å². The summed E-state index contributed by atoms with van der Waals surface area (Å²) in [6, 6.07) is 7.25. The highest BCUT2D eigenvalue weighted by molar-refractivity contribution is 6.08. The van der Waals surface area contributed by atoms with Gasteiger partial charge in [0.1, 0.15) is 11.6 Å². The molecule has 8 heteroatoms. The molecular weight excluding hydrogens is 356 g/mol. The highest BCUT2D eigenvalue weighted by Gasteiger charge is 2.25. The molecule has 144 valence electrons. The van der Waals surface area contributed by atoms with Gasteiger partial charge < -0.3 is 14.9 Å². The number of hydrogen-bond donors (Lipinski definition) is 2. The van der Waals surface area contributed by atoms with Crippen molar-refractivity contribution >= 4 is 27.7 Å². The number of para-hydroxylation sites is 1. The molecule has 2 N–H and O–H groups in total. The zero-order valence-electron chi connectivity index (χ0n) is 15.8. The van der Waals surface area contributed by atoms with E-state index in [4.69, 9.17) is 0 Å². The van der Waals surface area contributed by atoms with E-state index in [0.29, 0.717) is 24.9 Å². The Labute approximate surface area is 161 Å². The number of carbonyl (C=O) groups is 1. The Hall–Kier alpha value is -3.42. The first-order valence-corrected chi connectivity index (χ1v) is 9.31. The number of aromatic nitrogens is 5. The van der Waals surface area contributed by atoms with Crippen LogP contribution in [0.1, 0.15) is 25.1 Å². The summed E-state index contributed by atoms with van der Waals surface area (Å²) in [4.78, 5) is 32.9. The van der Waals surface area contributed by atoms with E-state index in [1.165, 1.54) is 4.68 Å². The first-order valence-electron chi connectivity index (χ1n) is 9.31. The molecule has 1 aromatic carbocycles. The minimum atomic E-state index is -0.487. The molecule has 0 radical (unpaired) electrons. The molecule has 8 nitrogen and oxygen atoms in total. The van der Waals surface area contributed by atoms with Crippen LogP contribution in [0.3, 0.4) is 0 Å². The van der Waals surface area contributed by atoms with Crippen molar-refractivity contribution in [2.75, 3.05) is 6.54 Å². The number of nitrogens with zero attached hydrogens (tertiary/aromatic N) is 4. The minimum Gasteiger partial charge on any atom is -0.354 e. The third kappa shape index (κ3) is 2.96. The molecule has 0 aliphatic heterocycles. The van der Waals surface area contributed by atoms with Crippen molar-refractivity contribution in [2.45, 2.75) is 25.8 Å². The van der Waals surface area contributed by atoms with Crippen molar-refractivity contribution in [1.82, 2.24) is 29.6 Å². The Morgan fingerprint density at radius 1 is 1.25 bits per heavy atom. The van der Waals surface area contributed by atoms with Crippen LogP contribution in [0.5, 0.6) is 0 Å². The summed E-state index contributed by atoms with van der Waals surface area (Å²) < 4.78 is 3.17. The lowest BCUT2D eigenvalue weighted by atomic mass is 10.2. The van der Waals surface area contributed by atoms with Crippen LogP contribution >= 0.6 is 0 Å². The van der Waals surface area contributed by atoms with Crippen LogP contribution in [0.4, 0.5) is 0 Å². The molecule has 0 aliphatic rings. The van der Waals surface area contributed by atoms with Crippen LogP contribution in [0.2, 0.25) is 0 Å². The summed E-state index contributed by atoms with van der Waals surface area (Å²) >= 11 is 0. The number of amides is 1. The second kappa shape index (κ2) is 7.30. The fourth-order valence-corrected chi connectivity index (χ4v) is 3.66. The summed E-state index contributed by atoms with van der Waals surface area (Å²) in [6.45, 7) is 2.44. The van der Waals surface area contributed by atoms with Gasteiger partial charge in [0.05, 0.1) is 18.0 Å². The number of aromatic amines is 1. The number of H-pyrrole nitrogens is 1. The molecule has 0 aliphatic carbocycles. The summed E-state index contributed by atoms with van der Waals surface area (Å²) in [5.74, 6) is -0.108. The highest BCUT2D eigenvalue weighted by Crippen LogP contribution is 2.30. The minimum absolute atomic E-state index is 0.108. The van der Waals surface area contributed by atoms with Gasteiger partial charge in [-0.3, -0.25) is 9.59 Å². The third-order valence-electron chi connectivity index (χ3n) is 5.06. The number of aryl methyl sites for hydroxylation is 1. The maximum Gasteiger partial charge on any atom is 0.291 e. The van der Waals surface area contributed by atoms with Gasteiger partial charge >= 0.3 is 0 Å². The Balaban J connectivity index is 1.75. The van der Waals surface area contributed by atoms with Crippen molar-refractivity contribution in [3.63, 3.8) is 0 Å². The lowest BCUT2D eigenvalue weighted by Gasteiger charge is -2.19. The second-order valence-corrected chi connectivity index (χ2v) is 6.76. The summed E-state index contributed by atoms with van der Waals surface area (Å²) in [7, 11) is 1.62. The topological polar surface area (TPSA) is 97.6 Å². The molecule has 0 unspecified atom stereocenters. The first kappa shape index (κ1) is 18.0. The molecule has 0 spiro atoms. The number of hydrogen-bond acceptors (Lipinski definition) is 4. The van der Waals surface area contributed by atoms with Crippen LogP contribution in [0.15, 0.2) is 47.8 Å². The maximum absolute atomic E-state index is 13.0. The fraction of sp³-hybridized carbons (Fsp3) is 0.300. The first-order chi connectivity index (χ1) is 13.6. The average Bonchev–Trinajstić information content (AvgIpc) is 3.33. The van der Waals surface area contributed by atoms with Crippen LogP contribution in [-0.2, 0) is 18.3 Å². The standard InChI is InChI=1S/C20H22N6O2/c1-3-16(19(27)22-9-8-13-10-21-12-23-13)26-17-7-5-4-6-14(17)15-11-24-25(2)20(28)18(15)26/h4-7,10-12,16H,3,8-9H2,1-2H3,(H,21,23)(H,22,27)/t16-/m0/s1. The van der Waals surface area contributed by atoms with Crippen molar-refractivity contribution in [3.8, 4) is 0 Å². The van der Waals surface area contributed by atoms with E-state index in [0.717, 1.165) is 22.0 Å². The Morgan fingerprint density at radius 2 is 2.07 bits per heavy atom. The molecule has 3 heterocycles. The zero-order chi connectivity index (χ0) is 19.7. The van der Waals surface area contributed by atoms with Gasteiger partial charge in [-0.25, -0.2) is 9.67 Å². The predicted octanol–water partition coefficient (Wildman–Crippen LogP) is 1.92. The SMILES string of the molecule is CC[C@@H](C(=O)NCCc1cnc[nH]1)n1c2ccccc2c2cnn(C)c(=O)c21. The monoisotopic (exact) mass is 378 g/mol. The fourth-order valence-electron chi connectivity index (χ4n) is 3.66. The Bertz CT molecular complexity index is 1190. The molecule has 1 amide bonds. The van der Waals surface area contributed by atoms with Crippen molar-refractivity contribution < 1.29 is 4.79 Å². The normalized spacial score (nSPS) is 12.5. The molecule has 0 saturated heterocycles. The molecule has 0 saturated carbocycles. The largest absolute Gasteiger partial charge is 0.354 e. The lowest BCUT2D eigenvalue weighted by molar-refractivity contribution is -0.124. The number of benzene rings is 1. The second-order valence-electron chi connectivity index (χ2n) is 6.76. The molecule has 1 atom stereocenters. The van der Waals surface area contributed by atoms with Gasteiger partial charge in [0.2, 0.25) is 5.91 Å². The van der Waals surface area contributed by atoms with E-state index in [-0.39, 0.29) is 11.5 Å². The van der Waals surface area contributed by atoms with Crippen LogP contribution < -0.4 is 10.9 Å². The summed E-state index contributed by atoms with van der Waals surface area (Å²) in [6.07, 6.45) is 6.29. The highest BCUT2D eigenvalue weighted by atomic mass is 16.2. The van der Waals surface area contributed by atoms with Gasteiger partial charge in [0.25, 0.3) is 5.56 Å². The summed E-state index contributed by atoms with van der Waals surface area (Å²) in [5, 5.41) is 8.84. The van der Waals surface area contributed by atoms with Gasteiger partial charge in [0, 0.05) is 42.7 Å². The molecule has 3 aromatic heterocycles. The number of carbonyl (C=O) groups excluding carboxylic acids is 1. The predicted molar refractivity (Wildman–Crippen MR) is 107 cm³/mol. The molecular formula is C20H22N6O2. The number of rotatable bonds is 6. The van der Waals surface area contributed by atoms with Gasteiger partial charge in [-0.05, 0) is 12.5 Å². The van der Waals surface area contributed by atoms with E-state index >= 15 is 0 Å². The average molecular weight is 378 g/mol. The van der Waals surface area contributed by atoms with Crippen molar-refractivity contribution in [3.05, 3.63) is 59.0 Å². The van der Waals surface area contributed by atoms with E-state index in [2.05, 4.69) is 20.4 Å². The molecule has 28 heavy (non-hydrogen) atoms. The van der Waals surface area contributed by atoms with Crippen molar-refractivity contribution in [1.29, 1.82) is 0 Å². The van der Waals surface area contributed by atoms with Gasteiger partial charge in [-0.1, -0.05) is 25.1 Å². The van der Waals surface area contributed by atoms with E-state index < -0.39 is 6.04 Å². The lowest BCUT2D eigenvalue weighted by Crippen LogP contribution is -2.34. The summed E-state index contributed by atoms with van der Waals surface area (Å²) in [5.41, 5.74) is 2.12. The van der Waals surface area contributed by atoms with Crippen LogP contribution in [0, 0.1) is 0 Å². The molecule has 4 aromatic rings. The molecule has 4 rings (SSSR count).